The summed E-state index contributed by atoms with van der Waals surface area (Å²) in [6.45, 7) is 1.38. The minimum absolute atomic E-state index is 0.144. The molecule has 1 unspecified atom stereocenters. The maximum Gasteiger partial charge on any atom is 0.420 e. The van der Waals surface area contributed by atoms with Crippen molar-refractivity contribution in [2.45, 2.75) is 13.0 Å². The van der Waals surface area contributed by atoms with Crippen LogP contribution in [-0.2, 0) is 4.79 Å². The molecule has 0 bridgehead atoms. The normalized spacial score (nSPS) is 12.2. The molecule has 24 heavy (non-hydrogen) atoms. The van der Waals surface area contributed by atoms with Gasteiger partial charge in [-0.25, -0.2) is 9.59 Å². The number of carboxylic acids is 1. The molecular formula is C17H12ClNO5. The summed E-state index contributed by atoms with van der Waals surface area (Å²) in [4.78, 5) is 35.6. The third-order valence-corrected chi connectivity index (χ3v) is 4.07. The zero-order valence-electron chi connectivity index (χ0n) is 12.5. The first-order valence-corrected chi connectivity index (χ1v) is 7.45. The number of carboxylic acid groups (broad SMARTS) is 1. The Labute approximate surface area is 140 Å². The quantitative estimate of drug-likeness (QED) is 0.734. The number of aliphatic carboxylic acids is 1. The Bertz CT molecular complexity index is 1020. The van der Waals surface area contributed by atoms with E-state index in [9.17, 15) is 14.4 Å². The van der Waals surface area contributed by atoms with Gasteiger partial charge in [-0.15, -0.1) is 0 Å². The van der Waals surface area contributed by atoms with E-state index < -0.39 is 17.8 Å². The summed E-state index contributed by atoms with van der Waals surface area (Å²) in [5.41, 5.74) is 1.08. The lowest BCUT2D eigenvalue weighted by atomic mass is 10.0. The number of halogens is 1. The number of carbonyl (C=O) groups is 2. The molecule has 122 valence electrons. The lowest BCUT2D eigenvalue weighted by Crippen LogP contribution is -2.24. The highest BCUT2D eigenvalue weighted by Gasteiger charge is 2.22. The van der Waals surface area contributed by atoms with Crippen LogP contribution in [0.4, 0.5) is 0 Å². The summed E-state index contributed by atoms with van der Waals surface area (Å²) < 4.78 is 6.12. The summed E-state index contributed by atoms with van der Waals surface area (Å²) in [5, 5.41) is 9.41. The van der Waals surface area contributed by atoms with Crippen LogP contribution in [0.3, 0.4) is 0 Å². The highest BCUT2D eigenvalue weighted by molar-refractivity contribution is 6.35. The molecule has 0 aliphatic rings. The summed E-state index contributed by atoms with van der Waals surface area (Å²) >= 11 is 6.03. The standard InChI is InChI=1S/C17H12ClNO5/c1-9(16(21)22)19-13-7-6-10(8-14(13)24-17(19)23)15(20)11-4-2-3-5-12(11)18/h2-9H,1H3,(H,21,22). The monoisotopic (exact) mass is 345 g/mol. The second-order valence-corrected chi connectivity index (χ2v) is 5.65. The molecule has 0 saturated heterocycles. The fraction of sp³-hybridized carbons (Fsp3) is 0.118. The van der Waals surface area contributed by atoms with Gasteiger partial charge in [0.25, 0.3) is 0 Å². The van der Waals surface area contributed by atoms with Crippen LogP contribution in [0.15, 0.2) is 51.7 Å². The van der Waals surface area contributed by atoms with E-state index in [1.165, 1.54) is 25.1 Å². The van der Waals surface area contributed by atoms with Crippen LogP contribution in [0.25, 0.3) is 11.1 Å². The van der Waals surface area contributed by atoms with Crippen molar-refractivity contribution >= 4 is 34.5 Å². The van der Waals surface area contributed by atoms with Gasteiger partial charge in [-0.3, -0.25) is 9.36 Å². The van der Waals surface area contributed by atoms with E-state index in [1.807, 2.05) is 0 Å². The molecule has 0 aliphatic heterocycles. The number of oxazole rings is 1. The van der Waals surface area contributed by atoms with E-state index in [0.29, 0.717) is 21.7 Å². The topological polar surface area (TPSA) is 89.5 Å². The molecule has 6 nitrogen and oxygen atoms in total. The number of hydrogen-bond donors (Lipinski definition) is 1. The van der Waals surface area contributed by atoms with Crippen molar-refractivity contribution in [2.24, 2.45) is 0 Å². The van der Waals surface area contributed by atoms with Gasteiger partial charge in [-0.05, 0) is 37.3 Å². The SMILES string of the molecule is CC(C(=O)O)n1c(=O)oc2cc(C(=O)c3ccccc3Cl)ccc21. The van der Waals surface area contributed by atoms with Crippen molar-refractivity contribution in [1.29, 1.82) is 0 Å². The van der Waals surface area contributed by atoms with Gasteiger partial charge in [0.1, 0.15) is 6.04 Å². The van der Waals surface area contributed by atoms with Gasteiger partial charge >= 0.3 is 11.7 Å². The Kier molecular flexibility index (Phi) is 3.99. The van der Waals surface area contributed by atoms with Crippen molar-refractivity contribution in [3.63, 3.8) is 0 Å². The van der Waals surface area contributed by atoms with Crippen molar-refractivity contribution in [1.82, 2.24) is 4.57 Å². The lowest BCUT2D eigenvalue weighted by Gasteiger charge is -2.07. The molecule has 1 N–H and O–H groups in total. The first-order chi connectivity index (χ1) is 11.4. The molecule has 0 aliphatic carbocycles. The van der Waals surface area contributed by atoms with Crippen molar-refractivity contribution in [3.05, 3.63) is 69.2 Å². The third-order valence-electron chi connectivity index (χ3n) is 3.74. The summed E-state index contributed by atoms with van der Waals surface area (Å²) in [5.74, 6) is -2.26. The average Bonchev–Trinajstić information content (AvgIpc) is 2.88. The predicted molar refractivity (Wildman–Crippen MR) is 87.7 cm³/mol. The van der Waals surface area contributed by atoms with Crippen LogP contribution in [0.1, 0.15) is 28.9 Å². The van der Waals surface area contributed by atoms with E-state index in [0.717, 1.165) is 4.57 Å². The van der Waals surface area contributed by atoms with E-state index in [-0.39, 0.29) is 11.4 Å². The molecular weight excluding hydrogens is 334 g/mol. The summed E-state index contributed by atoms with van der Waals surface area (Å²) in [6, 6.07) is 9.95. The Hall–Kier alpha value is -2.86. The molecule has 0 saturated carbocycles. The highest BCUT2D eigenvalue weighted by Crippen LogP contribution is 2.23. The average molecular weight is 346 g/mol. The third kappa shape index (κ3) is 2.61. The first-order valence-electron chi connectivity index (χ1n) is 7.07. The molecule has 2 aromatic carbocycles. The van der Waals surface area contributed by atoms with Crippen LogP contribution < -0.4 is 5.76 Å². The maximum absolute atomic E-state index is 12.5. The van der Waals surface area contributed by atoms with Gasteiger partial charge in [-0.2, -0.15) is 0 Å². The molecule has 0 radical (unpaired) electrons. The molecule has 1 heterocycles. The Morgan fingerprint density at radius 2 is 1.92 bits per heavy atom. The predicted octanol–water partition coefficient (Wildman–Crippen LogP) is 3.12. The molecule has 0 fully saturated rings. The molecule has 1 aromatic heterocycles. The number of benzene rings is 2. The Balaban J connectivity index is 2.11. The molecule has 3 rings (SSSR count). The van der Waals surface area contributed by atoms with Gasteiger partial charge in [0, 0.05) is 11.1 Å². The van der Waals surface area contributed by atoms with Gasteiger partial charge < -0.3 is 9.52 Å². The number of hydrogen-bond acceptors (Lipinski definition) is 4. The molecule has 1 atom stereocenters. The highest BCUT2D eigenvalue weighted by atomic mass is 35.5. The van der Waals surface area contributed by atoms with Gasteiger partial charge in [-0.1, -0.05) is 23.7 Å². The van der Waals surface area contributed by atoms with Crippen LogP contribution in [-0.4, -0.2) is 21.4 Å². The zero-order chi connectivity index (χ0) is 17.4. The summed E-state index contributed by atoms with van der Waals surface area (Å²) in [6.07, 6.45) is 0. The molecule has 7 heteroatoms. The van der Waals surface area contributed by atoms with E-state index in [4.69, 9.17) is 21.1 Å². The van der Waals surface area contributed by atoms with Crippen LogP contribution in [0.5, 0.6) is 0 Å². The number of rotatable bonds is 4. The lowest BCUT2D eigenvalue weighted by molar-refractivity contribution is -0.140. The number of nitrogens with zero attached hydrogens (tertiary/aromatic N) is 1. The first kappa shape index (κ1) is 16.0. The molecule has 3 aromatic rings. The van der Waals surface area contributed by atoms with Gasteiger partial charge in [0.05, 0.1) is 10.5 Å². The number of aromatic nitrogens is 1. The number of fused-ring (bicyclic) bond motifs is 1. The zero-order valence-corrected chi connectivity index (χ0v) is 13.3. The Morgan fingerprint density at radius 1 is 1.21 bits per heavy atom. The van der Waals surface area contributed by atoms with Crippen LogP contribution in [0, 0.1) is 0 Å². The Morgan fingerprint density at radius 3 is 2.58 bits per heavy atom. The minimum Gasteiger partial charge on any atom is -0.480 e. The fourth-order valence-corrected chi connectivity index (χ4v) is 2.68. The molecule has 0 amide bonds. The summed E-state index contributed by atoms with van der Waals surface area (Å²) in [7, 11) is 0. The fourth-order valence-electron chi connectivity index (χ4n) is 2.46. The van der Waals surface area contributed by atoms with Crippen LogP contribution in [0.2, 0.25) is 5.02 Å². The van der Waals surface area contributed by atoms with Gasteiger partial charge in [0.15, 0.2) is 11.4 Å². The van der Waals surface area contributed by atoms with Crippen molar-refractivity contribution in [2.75, 3.05) is 0 Å². The van der Waals surface area contributed by atoms with Gasteiger partial charge in [0.2, 0.25) is 0 Å². The smallest absolute Gasteiger partial charge is 0.420 e. The van der Waals surface area contributed by atoms with E-state index >= 15 is 0 Å². The minimum atomic E-state index is -1.16. The molecule has 0 spiro atoms. The van der Waals surface area contributed by atoms with E-state index in [1.54, 1.807) is 24.3 Å². The van der Waals surface area contributed by atoms with Crippen molar-refractivity contribution in [3.8, 4) is 0 Å². The number of carbonyl (C=O) groups excluding carboxylic acids is 1. The van der Waals surface area contributed by atoms with Crippen LogP contribution >= 0.6 is 11.6 Å². The van der Waals surface area contributed by atoms with Crippen molar-refractivity contribution < 1.29 is 19.1 Å². The largest absolute Gasteiger partial charge is 0.480 e. The second-order valence-electron chi connectivity index (χ2n) is 5.24. The number of ketones is 1. The maximum atomic E-state index is 12.5. The van der Waals surface area contributed by atoms with E-state index in [2.05, 4.69) is 0 Å². The second kappa shape index (κ2) is 5.98.